The van der Waals surface area contributed by atoms with E-state index in [-0.39, 0.29) is 17.2 Å². The lowest BCUT2D eigenvalue weighted by Gasteiger charge is -2.10. The molecule has 0 bridgehead atoms. The molecule has 29 heavy (non-hydrogen) atoms. The van der Waals surface area contributed by atoms with E-state index in [9.17, 15) is 9.90 Å². The smallest absolute Gasteiger partial charge is 0.232 e. The first kappa shape index (κ1) is 16.9. The number of pyridine rings is 1. The van der Waals surface area contributed by atoms with Crippen LogP contribution in [0.25, 0.3) is 38.5 Å². The number of aromatic nitrogens is 2. The molecule has 5 rings (SSSR count). The Bertz CT molecular complexity index is 1370. The first-order valence-electron chi connectivity index (χ1n) is 9.02. The fraction of sp³-hybridized carbons (Fsp3) is 0. The molecule has 5 aromatic rings. The molecule has 0 aliphatic rings. The van der Waals surface area contributed by atoms with Crippen LogP contribution in [0, 0.1) is 0 Å². The highest BCUT2D eigenvalue weighted by atomic mass is 16.3. The van der Waals surface area contributed by atoms with Gasteiger partial charge >= 0.3 is 0 Å². The third kappa shape index (κ3) is 2.96. The SMILES string of the molecule is O=C/C(=C\Nc1c2ccccc2nc2ccccc12)c1nc2cc(O)ccc2o1. The molecule has 2 heterocycles. The summed E-state index contributed by atoms with van der Waals surface area (Å²) >= 11 is 0. The molecule has 0 atom stereocenters. The third-order valence-electron chi connectivity index (χ3n) is 4.70. The number of phenolic OH excluding ortho intramolecular Hbond substituents is 1. The van der Waals surface area contributed by atoms with Crippen molar-refractivity contribution in [3.8, 4) is 5.75 Å². The second-order valence-electron chi connectivity index (χ2n) is 6.55. The minimum Gasteiger partial charge on any atom is -0.508 e. The van der Waals surface area contributed by atoms with Crippen LogP contribution in [0.4, 0.5) is 5.69 Å². The van der Waals surface area contributed by atoms with Crippen molar-refractivity contribution >= 4 is 50.5 Å². The van der Waals surface area contributed by atoms with Crippen LogP contribution in [0.5, 0.6) is 5.75 Å². The summed E-state index contributed by atoms with van der Waals surface area (Å²) in [5.41, 5.74) is 3.78. The van der Waals surface area contributed by atoms with Crippen molar-refractivity contribution < 1.29 is 14.3 Å². The number of oxazole rings is 1. The predicted molar refractivity (Wildman–Crippen MR) is 113 cm³/mol. The Morgan fingerprint density at radius 3 is 2.28 bits per heavy atom. The minimum atomic E-state index is 0.0850. The molecular weight excluding hydrogens is 366 g/mol. The van der Waals surface area contributed by atoms with E-state index in [1.165, 1.54) is 12.1 Å². The lowest BCUT2D eigenvalue weighted by Crippen LogP contribution is -1.97. The first-order chi connectivity index (χ1) is 14.2. The number of para-hydroxylation sites is 2. The average molecular weight is 381 g/mol. The first-order valence-corrected chi connectivity index (χ1v) is 9.02. The van der Waals surface area contributed by atoms with Gasteiger partial charge in [0.1, 0.15) is 11.3 Å². The highest BCUT2D eigenvalue weighted by molar-refractivity contribution is 6.10. The fourth-order valence-corrected chi connectivity index (χ4v) is 3.33. The Morgan fingerprint density at radius 1 is 0.897 bits per heavy atom. The van der Waals surface area contributed by atoms with Crippen LogP contribution >= 0.6 is 0 Å². The van der Waals surface area contributed by atoms with Crippen molar-refractivity contribution in [1.82, 2.24) is 9.97 Å². The average Bonchev–Trinajstić information content (AvgIpc) is 3.16. The molecule has 0 unspecified atom stereocenters. The summed E-state index contributed by atoms with van der Waals surface area (Å²) in [6.45, 7) is 0. The fourth-order valence-electron chi connectivity index (χ4n) is 3.33. The maximum Gasteiger partial charge on any atom is 0.232 e. The summed E-state index contributed by atoms with van der Waals surface area (Å²) in [6.07, 6.45) is 2.26. The van der Waals surface area contributed by atoms with Crippen LogP contribution in [0.1, 0.15) is 5.89 Å². The van der Waals surface area contributed by atoms with Gasteiger partial charge in [-0.1, -0.05) is 36.4 Å². The van der Waals surface area contributed by atoms with Gasteiger partial charge in [0, 0.05) is 23.0 Å². The summed E-state index contributed by atoms with van der Waals surface area (Å²) < 4.78 is 5.67. The predicted octanol–water partition coefficient (Wildman–Crippen LogP) is 4.89. The number of nitrogens with one attached hydrogen (secondary N) is 1. The van der Waals surface area contributed by atoms with Gasteiger partial charge in [-0.2, -0.15) is 0 Å². The van der Waals surface area contributed by atoms with E-state index in [1.54, 1.807) is 12.3 Å². The molecule has 0 amide bonds. The van der Waals surface area contributed by atoms with Crippen molar-refractivity contribution in [3.05, 3.63) is 78.8 Å². The highest BCUT2D eigenvalue weighted by Crippen LogP contribution is 2.31. The van der Waals surface area contributed by atoms with Crippen molar-refractivity contribution in [1.29, 1.82) is 0 Å². The van der Waals surface area contributed by atoms with Gasteiger partial charge in [0.05, 0.1) is 22.3 Å². The van der Waals surface area contributed by atoms with E-state index >= 15 is 0 Å². The number of nitrogens with zero attached hydrogens (tertiary/aromatic N) is 2. The highest BCUT2D eigenvalue weighted by Gasteiger charge is 2.12. The number of hydrogen-bond donors (Lipinski definition) is 2. The van der Waals surface area contributed by atoms with Gasteiger partial charge < -0.3 is 14.8 Å². The number of aldehydes is 1. The summed E-state index contributed by atoms with van der Waals surface area (Å²) in [4.78, 5) is 20.7. The molecular formula is C23H15N3O3. The molecule has 6 heteroatoms. The summed E-state index contributed by atoms with van der Waals surface area (Å²) in [5.74, 6) is 0.262. The number of carbonyl (C=O) groups is 1. The Kier molecular flexibility index (Phi) is 3.95. The number of anilines is 1. The van der Waals surface area contributed by atoms with Crippen LogP contribution in [0.3, 0.4) is 0 Å². The molecule has 0 fully saturated rings. The quantitative estimate of drug-likeness (QED) is 0.262. The van der Waals surface area contributed by atoms with E-state index in [0.29, 0.717) is 17.4 Å². The molecule has 0 radical (unpaired) electrons. The van der Waals surface area contributed by atoms with E-state index in [4.69, 9.17) is 9.40 Å². The monoisotopic (exact) mass is 381 g/mol. The van der Waals surface area contributed by atoms with Crippen LogP contribution in [0.15, 0.2) is 77.3 Å². The zero-order valence-electron chi connectivity index (χ0n) is 15.2. The molecule has 0 spiro atoms. The second-order valence-corrected chi connectivity index (χ2v) is 6.55. The maximum absolute atomic E-state index is 11.7. The summed E-state index contributed by atoms with van der Waals surface area (Å²) in [7, 11) is 0. The summed E-state index contributed by atoms with van der Waals surface area (Å²) in [5, 5.41) is 14.7. The normalized spacial score (nSPS) is 11.9. The number of aromatic hydroxyl groups is 1. The standard InChI is InChI=1S/C23H15N3O3/c27-13-14(23-26-20-11-15(28)9-10-21(20)29-23)12-24-22-16-5-1-3-7-18(16)25-19-8-4-2-6-17(19)22/h1-13,28H,(H,24,25)/b14-12+. The lowest BCUT2D eigenvalue weighted by atomic mass is 10.1. The number of phenols is 1. The van der Waals surface area contributed by atoms with Crippen LogP contribution < -0.4 is 5.32 Å². The Hall–Kier alpha value is -4.19. The zero-order chi connectivity index (χ0) is 19.8. The van der Waals surface area contributed by atoms with Crippen molar-refractivity contribution in [2.24, 2.45) is 0 Å². The molecule has 2 aromatic heterocycles. The van der Waals surface area contributed by atoms with E-state index < -0.39 is 0 Å². The number of fused-ring (bicyclic) bond motifs is 3. The molecule has 0 saturated heterocycles. The van der Waals surface area contributed by atoms with Crippen LogP contribution in [-0.4, -0.2) is 21.4 Å². The van der Waals surface area contributed by atoms with Crippen molar-refractivity contribution in [3.63, 3.8) is 0 Å². The molecule has 140 valence electrons. The van der Waals surface area contributed by atoms with Gasteiger partial charge in [-0.05, 0) is 24.3 Å². The van der Waals surface area contributed by atoms with Crippen molar-refractivity contribution in [2.75, 3.05) is 5.32 Å². The van der Waals surface area contributed by atoms with Gasteiger partial charge in [-0.25, -0.2) is 9.97 Å². The number of rotatable bonds is 4. The van der Waals surface area contributed by atoms with E-state index in [1.807, 2.05) is 48.5 Å². The minimum absolute atomic E-state index is 0.0850. The topological polar surface area (TPSA) is 88.2 Å². The lowest BCUT2D eigenvalue weighted by molar-refractivity contribution is -0.103. The van der Waals surface area contributed by atoms with Gasteiger partial charge in [0.2, 0.25) is 5.89 Å². The zero-order valence-corrected chi connectivity index (χ0v) is 15.2. The van der Waals surface area contributed by atoms with Gasteiger partial charge in [-0.3, -0.25) is 4.79 Å². The number of allylic oxidation sites excluding steroid dienone is 1. The van der Waals surface area contributed by atoms with Gasteiger partial charge in [0.25, 0.3) is 0 Å². The Balaban J connectivity index is 1.63. The molecule has 2 N–H and O–H groups in total. The molecule has 0 saturated carbocycles. The Morgan fingerprint density at radius 2 is 1.59 bits per heavy atom. The number of hydrogen-bond acceptors (Lipinski definition) is 6. The van der Waals surface area contributed by atoms with Gasteiger partial charge in [-0.15, -0.1) is 0 Å². The maximum atomic E-state index is 11.7. The summed E-state index contributed by atoms with van der Waals surface area (Å²) in [6, 6.07) is 20.2. The van der Waals surface area contributed by atoms with Crippen LogP contribution in [-0.2, 0) is 4.79 Å². The van der Waals surface area contributed by atoms with E-state index in [0.717, 1.165) is 27.5 Å². The number of benzene rings is 3. The molecule has 0 aliphatic carbocycles. The van der Waals surface area contributed by atoms with Crippen molar-refractivity contribution in [2.45, 2.75) is 0 Å². The molecule has 0 aliphatic heterocycles. The van der Waals surface area contributed by atoms with E-state index in [2.05, 4.69) is 10.3 Å². The largest absolute Gasteiger partial charge is 0.508 e. The molecule has 3 aromatic carbocycles. The second kappa shape index (κ2) is 6.76. The number of carbonyl (C=O) groups excluding carboxylic acids is 1. The van der Waals surface area contributed by atoms with Crippen LogP contribution in [0.2, 0.25) is 0 Å². The Labute approximate surface area is 165 Å². The van der Waals surface area contributed by atoms with Gasteiger partial charge in [0.15, 0.2) is 11.9 Å². The molecule has 6 nitrogen and oxygen atoms in total. The third-order valence-corrected chi connectivity index (χ3v) is 4.70.